The SMILES string of the molecule is CCC1CCC(N(C)C(=O)CCCC(=O)O)CC1. The molecule has 1 aliphatic rings. The molecule has 0 aromatic heterocycles. The first-order valence-electron chi connectivity index (χ1n) is 7.02. The van der Waals surface area contributed by atoms with E-state index in [2.05, 4.69) is 6.92 Å². The molecule has 1 rings (SSSR count). The van der Waals surface area contributed by atoms with E-state index in [0.29, 0.717) is 18.9 Å². The Kier molecular flexibility index (Phi) is 6.16. The lowest BCUT2D eigenvalue weighted by Crippen LogP contribution is -2.39. The van der Waals surface area contributed by atoms with Gasteiger partial charge in [0.25, 0.3) is 0 Å². The summed E-state index contributed by atoms with van der Waals surface area (Å²) in [6.07, 6.45) is 6.76. The Hall–Kier alpha value is -1.06. The Morgan fingerprint density at radius 1 is 1.17 bits per heavy atom. The topological polar surface area (TPSA) is 57.6 Å². The molecule has 0 radical (unpaired) electrons. The highest BCUT2D eigenvalue weighted by atomic mass is 16.4. The maximum absolute atomic E-state index is 11.9. The fraction of sp³-hybridized carbons (Fsp3) is 0.857. The molecular weight excluding hydrogens is 230 g/mol. The van der Waals surface area contributed by atoms with E-state index in [-0.39, 0.29) is 12.3 Å². The summed E-state index contributed by atoms with van der Waals surface area (Å²) in [6.45, 7) is 2.23. The second-order valence-electron chi connectivity index (χ2n) is 5.33. The van der Waals surface area contributed by atoms with Crippen molar-refractivity contribution in [2.75, 3.05) is 7.05 Å². The van der Waals surface area contributed by atoms with E-state index >= 15 is 0 Å². The van der Waals surface area contributed by atoms with Crippen molar-refractivity contribution in [1.29, 1.82) is 0 Å². The van der Waals surface area contributed by atoms with Gasteiger partial charge in [-0.1, -0.05) is 13.3 Å². The van der Waals surface area contributed by atoms with Crippen LogP contribution in [0.2, 0.25) is 0 Å². The van der Waals surface area contributed by atoms with E-state index in [4.69, 9.17) is 5.11 Å². The number of carbonyl (C=O) groups is 2. The van der Waals surface area contributed by atoms with Crippen molar-refractivity contribution in [1.82, 2.24) is 4.90 Å². The maximum atomic E-state index is 11.9. The van der Waals surface area contributed by atoms with Crippen LogP contribution in [0.15, 0.2) is 0 Å². The summed E-state index contributed by atoms with van der Waals surface area (Å²) < 4.78 is 0. The first-order valence-corrected chi connectivity index (χ1v) is 7.02. The van der Waals surface area contributed by atoms with Crippen molar-refractivity contribution < 1.29 is 14.7 Å². The number of aliphatic carboxylic acids is 1. The lowest BCUT2D eigenvalue weighted by atomic mass is 9.84. The smallest absolute Gasteiger partial charge is 0.303 e. The van der Waals surface area contributed by atoms with E-state index in [9.17, 15) is 9.59 Å². The van der Waals surface area contributed by atoms with Crippen molar-refractivity contribution >= 4 is 11.9 Å². The number of carboxylic acid groups (broad SMARTS) is 1. The van der Waals surface area contributed by atoms with Crippen LogP contribution in [0, 0.1) is 5.92 Å². The largest absolute Gasteiger partial charge is 0.481 e. The average molecular weight is 255 g/mol. The van der Waals surface area contributed by atoms with E-state index < -0.39 is 5.97 Å². The first-order chi connectivity index (χ1) is 8.54. The van der Waals surface area contributed by atoms with Crippen molar-refractivity contribution in [2.24, 2.45) is 5.92 Å². The zero-order valence-corrected chi connectivity index (χ0v) is 11.5. The molecule has 0 aromatic rings. The molecular formula is C14H25NO3. The highest BCUT2D eigenvalue weighted by Gasteiger charge is 2.25. The molecule has 18 heavy (non-hydrogen) atoms. The minimum absolute atomic E-state index is 0.0855. The quantitative estimate of drug-likeness (QED) is 0.793. The normalized spacial score (nSPS) is 23.7. The molecule has 0 heterocycles. The molecule has 0 atom stereocenters. The lowest BCUT2D eigenvalue weighted by Gasteiger charge is -2.34. The van der Waals surface area contributed by atoms with Crippen LogP contribution in [-0.4, -0.2) is 35.0 Å². The molecule has 4 heteroatoms. The molecule has 1 aliphatic carbocycles. The molecule has 1 fully saturated rings. The van der Waals surface area contributed by atoms with Gasteiger partial charge in [-0.25, -0.2) is 0 Å². The number of carboxylic acids is 1. The molecule has 0 saturated heterocycles. The second-order valence-corrected chi connectivity index (χ2v) is 5.33. The number of carbonyl (C=O) groups excluding carboxylic acids is 1. The molecule has 1 amide bonds. The number of hydrogen-bond acceptors (Lipinski definition) is 2. The van der Waals surface area contributed by atoms with Gasteiger partial charge in [-0.05, 0) is 38.0 Å². The molecule has 0 aliphatic heterocycles. The average Bonchev–Trinajstić information content (AvgIpc) is 2.37. The fourth-order valence-electron chi connectivity index (χ4n) is 2.71. The molecule has 0 spiro atoms. The minimum atomic E-state index is -0.825. The van der Waals surface area contributed by atoms with Crippen LogP contribution in [0.3, 0.4) is 0 Å². The summed E-state index contributed by atoms with van der Waals surface area (Å²) in [6, 6.07) is 0.366. The second kappa shape index (κ2) is 7.39. The van der Waals surface area contributed by atoms with Gasteiger partial charge in [-0.15, -0.1) is 0 Å². The molecule has 1 saturated carbocycles. The van der Waals surface area contributed by atoms with Crippen LogP contribution in [0.5, 0.6) is 0 Å². The van der Waals surface area contributed by atoms with Gasteiger partial charge in [0.1, 0.15) is 0 Å². The van der Waals surface area contributed by atoms with E-state index in [1.807, 2.05) is 11.9 Å². The van der Waals surface area contributed by atoms with E-state index in [1.54, 1.807) is 0 Å². The van der Waals surface area contributed by atoms with Crippen LogP contribution in [-0.2, 0) is 9.59 Å². The Morgan fingerprint density at radius 3 is 2.28 bits per heavy atom. The Bertz CT molecular complexity index is 283. The van der Waals surface area contributed by atoms with Gasteiger partial charge in [-0.3, -0.25) is 9.59 Å². The number of nitrogens with zero attached hydrogens (tertiary/aromatic N) is 1. The minimum Gasteiger partial charge on any atom is -0.481 e. The number of amides is 1. The molecule has 0 bridgehead atoms. The fourth-order valence-corrected chi connectivity index (χ4v) is 2.71. The predicted octanol–water partition coefficient (Wildman–Crippen LogP) is 2.67. The monoisotopic (exact) mass is 255 g/mol. The van der Waals surface area contributed by atoms with Crippen LogP contribution in [0.1, 0.15) is 58.3 Å². The summed E-state index contributed by atoms with van der Waals surface area (Å²) in [5.74, 6) is 0.0990. The van der Waals surface area contributed by atoms with Gasteiger partial charge in [-0.2, -0.15) is 0 Å². The summed E-state index contributed by atoms with van der Waals surface area (Å²) in [4.78, 5) is 24.1. The van der Waals surface area contributed by atoms with Gasteiger partial charge in [0.15, 0.2) is 0 Å². The lowest BCUT2D eigenvalue weighted by molar-refractivity contribution is -0.137. The third kappa shape index (κ3) is 4.67. The number of rotatable bonds is 6. The Balaban J connectivity index is 2.28. The van der Waals surface area contributed by atoms with Gasteiger partial charge in [0, 0.05) is 25.9 Å². The molecule has 0 unspecified atom stereocenters. The van der Waals surface area contributed by atoms with Gasteiger partial charge >= 0.3 is 5.97 Å². The number of hydrogen-bond donors (Lipinski definition) is 1. The Morgan fingerprint density at radius 2 is 1.78 bits per heavy atom. The van der Waals surface area contributed by atoms with Crippen LogP contribution in [0.4, 0.5) is 0 Å². The van der Waals surface area contributed by atoms with E-state index in [0.717, 1.165) is 18.8 Å². The van der Waals surface area contributed by atoms with Gasteiger partial charge in [0.05, 0.1) is 0 Å². The van der Waals surface area contributed by atoms with E-state index in [1.165, 1.54) is 19.3 Å². The van der Waals surface area contributed by atoms with Crippen LogP contribution < -0.4 is 0 Å². The summed E-state index contributed by atoms with van der Waals surface area (Å²) in [5, 5.41) is 8.55. The van der Waals surface area contributed by atoms with Crippen LogP contribution >= 0.6 is 0 Å². The zero-order valence-electron chi connectivity index (χ0n) is 11.5. The van der Waals surface area contributed by atoms with Gasteiger partial charge in [0.2, 0.25) is 5.91 Å². The third-order valence-electron chi connectivity index (χ3n) is 4.12. The van der Waals surface area contributed by atoms with Crippen molar-refractivity contribution in [3.63, 3.8) is 0 Å². The summed E-state index contributed by atoms with van der Waals surface area (Å²) in [7, 11) is 1.86. The van der Waals surface area contributed by atoms with Crippen molar-refractivity contribution in [2.45, 2.75) is 64.3 Å². The molecule has 1 N–H and O–H groups in total. The first kappa shape index (κ1) is 15.0. The summed E-state index contributed by atoms with van der Waals surface area (Å²) in [5.41, 5.74) is 0. The highest BCUT2D eigenvalue weighted by Crippen LogP contribution is 2.29. The molecule has 4 nitrogen and oxygen atoms in total. The Labute approximate surface area is 109 Å². The maximum Gasteiger partial charge on any atom is 0.303 e. The van der Waals surface area contributed by atoms with Crippen molar-refractivity contribution in [3.05, 3.63) is 0 Å². The predicted molar refractivity (Wildman–Crippen MR) is 70.3 cm³/mol. The third-order valence-corrected chi connectivity index (χ3v) is 4.12. The standard InChI is InChI=1S/C14H25NO3/c1-3-11-7-9-12(10-8-11)15(2)13(16)5-4-6-14(17)18/h11-12H,3-10H2,1-2H3,(H,17,18). The van der Waals surface area contributed by atoms with Crippen molar-refractivity contribution in [3.8, 4) is 0 Å². The van der Waals surface area contributed by atoms with Gasteiger partial charge < -0.3 is 10.0 Å². The highest BCUT2D eigenvalue weighted by molar-refractivity contribution is 5.77. The summed E-state index contributed by atoms with van der Waals surface area (Å²) >= 11 is 0. The zero-order chi connectivity index (χ0) is 13.5. The molecule has 104 valence electrons. The molecule has 0 aromatic carbocycles. The van der Waals surface area contributed by atoms with Crippen LogP contribution in [0.25, 0.3) is 0 Å².